The Morgan fingerprint density at radius 3 is 2.28 bits per heavy atom. The average molecular weight is 332 g/mol. The van der Waals surface area contributed by atoms with Crippen LogP contribution in [0.25, 0.3) is 11.5 Å². The summed E-state index contributed by atoms with van der Waals surface area (Å²) in [6.07, 6.45) is 4.51. The third-order valence-corrected chi connectivity index (χ3v) is 5.60. The van der Waals surface area contributed by atoms with Crippen LogP contribution in [0, 0.1) is 6.92 Å². The van der Waals surface area contributed by atoms with Crippen LogP contribution in [-0.4, -0.2) is 10.2 Å². The molecular weight excluding hydrogens is 308 g/mol. The Bertz CT molecular complexity index is 828. The molecule has 0 radical (unpaired) electrons. The molecule has 1 heterocycles. The third-order valence-electron chi connectivity index (χ3n) is 5.60. The molecule has 0 bridgehead atoms. The van der Waals surface area contributed by atoms with Crippen molar-refractivity contribution in [2.24, 2.45) is 0 Å². The Balaban J connectivity index is 1.50. The Labute approximate surface area is 149 Å². The van der Waals surface area contributed by atoms with E-state index in [0.717, 1.165) is 24.3 Å². The van der Waals surface area contributed by atoms with E-state index in [2.05, 4.69) is 66.5 Å². The van der Waals surface area contributed by atoms with Gasteiger partial charge >= 0.3 is 0 Å². The van der Waals surface area contributed by atoms with Crippen LogP contribution in [0.1, 0.15) is 55.5 Å². The molecule has 0 saturated heterocycles. The zero-order valence-corrected chi connectivity index (χ0v) is 14.9. The molecule has 2 aromatic carbocycles. The van der Waals surface area contributed by atoms with Gasteiger partial charge in [-0.1, -0.05) is 55.0 Å². The first-order valence-electron chi connectivity index (χ1n) is 9.10. The molecule has 0 spiro atoms. The van der Waals surface area contributed by atoms with Crippen molar-refractivity contribution in [2.75, 3.05) is 0 Å². The first-order chi connectivity index (χ1) is 12.1. The standard InChI is InChI=1S/C22H24N2O/c1-16-8-10-19(11-9-16)20-23-24-21(25-20)22(2)14-12-18(13-15-22)17-6-4-3-5-7-17/h3-11,18H,12-15H2,1-2H3. The summed E-state index contributed by atoms with van der Waals surface area (Å²) in [7, 11) is 0. The molecule has 1 aromatic heterocycles. The average Bonchev–Trinajstić information content (AvgIpc) is 3.15. The molecule has 0 atom stereocenters. The van der Waals surface area contributed by atoms with Crippen LogP contribution in [0.5, 0.6) is 0 Å². The van der Waals surface area contributed by atoms with E-state index < -0.39 is 0 Å². The second-order valence-electron chi connectivity index (χ2n) is 7.52. The van der Waals surface area contributed by atoms with Gasteiger partial charge in [-0.15, -0.1) is 10.2 Å². The zero-order valence-electron chi connectivity index (χ0n) is 14.9. The van der Waals surface area contributed by atoms with E-state index >= 15 is 0 Å². The smallest absolute Gasteiger partial charge is 0.247 e. The van der Waals surface area contributed by atoms with Gasteiger partial charge in [-0.25, -0.2) is 0 Å². The van der Waals surface area contributed by atoms with Gasteiger partial charge in [0.1, 0.15) is 0 Å². The number of aryl methyl sites for hydroxylation is 1. The van der Waals surface area contributed by atoms with Crippen LogP contribution in [0.4, 0.5) is 0 Å². The lowest BCUT2D eigenvalue weighted by molar-refractivity contribution is 0.241. The number of aromatic nitrogens is 2. The molecule has 0 N–H and O–H groups in total. The van der Waals surface area contributed by atoms with E-state index in [1.165, 1.54) is 24.0 Å². The summed E-state index contributed by atoms with van der Waals surface area (Å²) in [6.45, 7) is 4.34. The van der Waals surface area contributed by atoms with Gasteiger partial charge in [0.05, 0.1) is 0 Å². The van der Waals surface area contributed by atoms with E-state index in [4.69, 9.17) is 4.42 Å². The fourth-order valence-corrected chi connectivity index (χ4v) is 3.81. The quantitative estimate of drug-likeness (QED) is 0.621. The molecule has 25 heavy (non-hydrogen) atoms. The maximum absolute atomic E-state index is 6.07. The lowest BCUT2D eigenvalue weighted by Gasteiger charge is -2.34. The van der Waals surface area contributed by atoms with Crippen LogP contribution in [0.2, 0.25) is 0 Å². The number of benzene rings is 2. The highest BCUT2D eigenvalue weighted by molar-refractivity contribution is 5.52. The number of rotatable bonds is 3. The van der Waals surface area contributed by atoms with E-state index in [0.29, 0.717) is 11.8 Å². The van der Waals surface area contributed by atoms with Gasteiger partial charge in [-0.3, -0.25) is 0 Å². The summed E-state index contributed by atoms with van der Waals surface area (Å²) in [4.78, 5) is 0. The summed E-state index contributed by atoms with van der Waals surface area (Å²) >= 11 is 0. The molecule has 1 saturated carbocycles. The molecule has 0 aliphatic heterocycles. The van der Waals surface area contributed by atoms with Crippen molar-refractivity contribution in [2.45, 2.75) is 50.9 Å². The summed E-state index contributed by atoms with van der Waals surface area (Å²) < 4.78 is 6.07. The van der Waals surface area contributed by atoms with Crippen molar-refractivity contribution in [3.8, 4) is 11.5 Å². The highest BCUT2D eigenvalue weighted by atomic mass is 16.4. The normalized spacial score (nSPS) is 23.5. The Morgan fingerprint density at radius 2 is 1.60 bits per heavy atom. The number of hydrogen-bond acceptors (Lipinski definition) is 3. The molecule has 1 aliphatic rings. The minimum atomic E-state index is -0.0127. The summed E-state index contributed by atoms with van der Waals surface area (Å²) in [6, 6.07) is 19.1. The number of nitrogens with zero attached hydrogens (tertiary/aromatic N) is 2. The molecule has 128 valence electrons. The minimum absolute atomic E-state index is 0.0127. The molecule has 1 aliphatic carbocycles. The first kappa shape index (κ1) is 16.1. The Kier molecular flexibility index (Phi) is 4.16. The van der Waals surface area contributed by atoms with Gasteiger partial charge in [0.25, 0.3) is 0 Å². The number of hydrogen-bond donors (Lipinski definition) is 0. The molecule has 0 amide bonds. The lowest BCUT2D eigenvalue weighted by Crippen LogP contribution is -2.28. The van der Waals surface area contributed by atoms with Gasteiger partial charge in [0.15, 0.2) is 0 Å². The molecule has 3 aromatic rings. The molecular formula is C22H24N2O. The molecule has 1 fully saturated rings. The summed E-state index contributed by atoms with van der Waals surface area (Å²) in [5.74, 6) is 2.06. The van der Waals surface area contributed by atoms with Gasteiger partial charge < -0.3 is 4.42 Å². The predicted molar refractivity (Wildman–Crippen MR) is 99.5 cm³/mol. The van der Waals surface area contributed by atoms with Crippen LogP contribution < -0.4 is 0 Å². The monoisotopic (exact) mass is 332 g/mol. The van der Waals surface area contributed by atoms with Gasteiger partial charge in [-0.05, 0) is 56.2 Å². The van der Waals surface area contributed by atoms with Crippen LogP contribution >= 0.6 is 0 Å². The van der Waals surface area contributed by atoms with E-state index in [-0.39, 0.29) is 5.41 Å². The van der Waals surface area contributed by atoms with E-state index in [1.807, 2.05) is 12.1 Å². The van der Waals surface area contributed by atoms with E-state index in [9.17, 15) is 0 Å². The summed E-state index contributed by atoms with van der Waals surface area (Å²) in [5, 5.41) is 8.69. The Hall–Kier alpha value is -2.42. The SMILES string of the molecule is Cc1ccc(-c2nnc(C3(C)CCC(c4ccccc4)CC3)o2)cc1. The van der Waals surface area contributed by atoms with Crippen molar-refractivity contribution in [3.05, 3.63) is 71.6 Å². The van der Waals surface area contributed by atoms with Crippen molar-refractivity contribution in [3.63, 3.8) is 0 Å². The molecule has 4 rings (SSSR count). The zero-order chi connectivity index (χ0) is 17.3. The first-order valence-corrected chi connectivity index (χ1v) is 9.10. The topological polar surface area (TPSA) is 38.9 Å². The van der Waals surface area contributed by atoms with Crippen molar-refractivity contribution >= 4 is 0 Å². The van der Waals surface area contributed by atoms with E-state index in [1.54, 1.807) is 0 Å². The maximum Gasteiger partial charge on any atom is 0.247 e. The second-order valence-corrected chi connectivity index (χ2v) is 7.52. The minimum Gasteiger partial charge on any atom is -0.420 e. The van der Waals surface area contributed by atoms with Crippen molar-refractivity contribution < 1.29 is 4.42 Å². The highest BCUT2D eigenvalue weighted by Gasteiger charge is 2.37. The van der Waals surface area contributed by atoms with Crippen LogP contribution in [0.15, 0.2) is 59.0 Å². The fourth-order valence-electron chi connectivity index (χ4n) is 3.81. The van der Waals surface area contributed by atoms with Gasteiger partial charge in [0.2, 0.25) is 11.8 Å². The largest absolute Gasteiger partial charge is 0.420 e. The maximum atomic E-state index is 6.07. The Morgan fingerprint density at radius 1 is 0.920 bits per heavy atom. The molecule has 3 heteroatoms. The van der Waals surface area contributed by atoms with Gasteiger partial charge in [-0.2, -0.15) is 0 Å². The van der Waals surface area contributed by atoms with Crippen LogP contribution in [0.3, 0.4) is 0 Å². The second kappa shape index (κ2) is 6.47. The molecule has 0 unspecified atom stereocenters. The van der Waals surface area contributed by atoms with Crippen molar-refractivity contribution in [1.82, 2.24) is 10.2 Å². The lowest BCUT2D eigenvalue weighted by atomic mass is 9.70. The van der Waals surface area contributed by atoms with Crippen molar-refractivity contribution in [1.29, 1.82) is 0 Å². The summed E-state index contributed by atoms with van der Waals surface area (Å²) in [5.41, 5.74) is 3.66. The van der Waals surface area contributed by atoms with Gasteiger partial charge in [0, 0.05) is 11.0 Å². The third kappa shape index (κ3) is 3.23. The predicted octanol–water partition coefficient (Wildman–Crippen LogP) is 5.66. The fraction of sp³-hybridized carbons (Fsp3) is 0.364. The van der Waals surface area contributed by atoms with Crippen LogP contribution in [-0.2, 0) is 5.41 Å². The molecule has 3 nitrogen and oxygen atoms in total. The highest BCUT2D eigenvalue weighted by Crippen LogP contribution is 2.44.